The number of aromatic nitrogens is 2. The van der Waals surface area contributed by atoms with Crippen molar-refractivity contribution in [2.75, 3.05) is 13.2 Å². The molecule has 0 amide bonds. The van der Waals surface area contributed by atoms with Gasteiger partial charge in [0, 0.05) is 19.2 Å². The SMILES string of the molecule is CC(C)(C)[Si](C)(C)OC[C@@H]1CC[C@H](n2cc(C#CCCCO)c(=O)[nH]c2=O)O1. The van der Waals surface area contributed by atoms with E-state index in [1.807, 2.05) is 0 Å². The Morgan fingerprint density at radius 1 is 1.36 bits per heavy atom. The number of hydrogen-bond acceptors (Lipinski definition) is 5. The average Bonchev–Trinajstić information content (AvgIpc) is 3.06. The van der Waals surface area contributed by atoms with Gasteiger partial charge in [-0.15, -0.1) is 0 Å². The fraction of sp³-hybridized carbons (Fsp3) is 0.700. The van der Waals surface area contributed by atoms with E-state index in [4.69, 9.17) is 14.3 Å². The van der Waals surface area contributed by atoms with E-state index < -0.39 is 25.8 Å². The van der Waals surface area contributed by atoms with Gasteiger partial charge in [0.25, 0.3) is 5.56 Å². The molecule has 0 bridgehead atoms. The van der Waals surface area contributed by atoms with Crippen LogP contribution in [-0.2, 0) is 9.16 Å². The van der Waals surface area contributed by atoms with Gasteiger partial charge in [0.2, 0.25) is 0 Å². The summed E-state index contributed by atoms with van der Waals surface area (Å²) in [5.41, 5.74) is -0.780. The molecule has 2 rings (SSSR count). The lowest BCUT2D eigenvalue weighted by Gasteiger charge is -2.36. The van der Waals surface area contributed by atoms with Gasteiger partial charge in [-0.2, -0.15) is 0 Å². The second kappa shape index (κ2) is 9.22. The van der Waals surface area contributed by atoms with Crippen molar-refractivity contribution < 1.29 is 14.3 Å². The third-order valence-electron chi connectivity index (χ3n) is 5.48. The average molecular weight is 409 g/mol. The van der Waals surface area contributed by atoms with Crippen LogP contribution in [-0.4, -0.2) is 42.3 Å². The van der Waals surface area contributed by atoms with Gasteiger partial charge in [-0.1, -0.05) is 32.6 Å². The molecule has 28 heavy (non-hydrogen) atoms. The van der Waals surface area contributed by atoms with Crippen molar-refractivity contribution in [2.24, 2.45) is 0 Å². The third-order valence-corrected chi connectivity index (χ3v) is 9.98. The van der Waals surface area contributed by atoms with E-state index in [9.17, 15) is 9.59 Å². The van der Waals surface area contributed by atoms with Gasteiger partial charge in [-0.3, -0.25) is 14.3 Å². The predicted molar refractivity (Wildman–Crippen MR) is 111 cm³/mol. The van der Waals surface area contributed by atoms with Crippen molar-refractivity contribution in [1.29, 1.82) is 0 Å². The summed E-state index contributed by atoms with van der Waals surface area (Å²) < 4.78 is 13.7. The molecule has 8 heteroatoms. The van der Waals surface area contributed by atoms with Crippen LogP contribution in [0, 0.1) is 11.8 Å². The van der Waals surface area contributed by atoms with E-state index in [1.54, 1.807) is 0 Å². The van der Waals surface area contributed by atoms with Crippen molar-refractivity contribution in [3.8, 4) is 11.8 Å². The molecule has 1 aliphatic heterocycles. The van der Waals surface area contributed by atoms with Crippen LogP contribution in [0.3, 0.4) is 0 Å². The van der Waals surface area contributed by atoms with Gasteiger partial charge >= 0.3 is 5.69 Å². The van der Waals surface area contributed by atoms with Gasteiger partial charge in [-0.05, 0) is 37.4 Å². The second-order valence-corrected chi connectivity index (χ2v) is 13.5. The Hall–Kier alpha value is -1.66. The van der Waals surface area contributed by atoms with E-state index in [2.05, 4.69) is 50.7 Å². The Balaban J connectivity index is 2.07. The summed E-state index contributed by atoms with van der Waals surface area (Å²) in [4.78, 5) is 26.5. The zero-order chi connectivity index (χ0) is 20.9. The summed E-state index contributed by atoms with van der Waals surface area (Å²) in [6, 6.07) is 0. The summed E-state index contributed by atoms with van der Waals surface area (Å²) in [6.45, 7) is 11.6. The van der Waals surface area contributed by atoms with Crippen LogP contribution < -0.4 is 11.2 Å². The first-order valence-corrected chi connectivity index (χ1v) is 12.7. The number of H-pyrrole nitrogens is 1. The minimum atomic E-state index is -1.86. The molecule has 1 aromatic rings. The molecule has 1 aliphatic rings. The molecule has 156 valence electrons. The van der Waals surface area contributed by atoms with Crippen LogP contribution in [0.15, 0.2) is 15.8 Å². The first kappa shape index (κ1) is 22.6. The fourth-order valence-electron chi connectivity index (χ4n) is 2.65. The quantitative estimate of drug-likeness (QED) is 0.428. The molecule has 0 radical (unpaired) electrons. The predicted octanol–water partition coefficient (Wildman–Crippen LogP) is 2.36. The zero-order valence-corrected chi connectivity index (χ0v) is 18.5. The van der Waals surface area contributed by atoms with Crippen LogP contribution in [0.25, 0.3) is 0 Å². The highest BCUT2D eigenvalue weighted by molar-refractivity contribution is 6.74. The summed E-state index contributed by atoms with van der Waals surface area (Å²) >= 11 is 0. The fourth-order valence-corrected chi connectivity index (χ4v) is 3.68. The maximum absolute atomic E-state index is 12.2. The summed E-state index contributed by atoms with van der Waals surface area (Å²) in [5.74, 6) is 5.61. The second-order valence-electron chi connectivity index (χ2n) is 8.70. The molecule has 1 aromatic heterocycles. The monoisotopic (exact) mass is 408 g/mol. The molecule has 2 N–H and O–H groups in total. The lowest BCUT2D eigenvalue weighted by atomic mass is 10.2. The van der Waals surface area contributed by atoms with Crippen LogP contribution in [0.5, 0.6) is 0 Å². The van der Waals surface area contributed by atoms with Crippen molar-refractivity contribution in [2.45, 2.75) is 76.9 Å². The minimum absolute atomic E-state index is 0.0544. The number of unbranched alkanes of at least 4 members (excludes halogenated alkanes) is 1. The van der Waals surface area contributed by atoms with Crippen molar-refractivity contribution >= 4 is 8.32 Å². The maximum atomic E-state index is 12.2. The van der Waals surface area contributed by atoms with E-state index in [0.29, 0.717) is 25.9 Å². The van der Waals surface area contributed by atoms with Gasteiger partial charge in [-0.25, -0.2) is 4.79 Å². The molecule has 0 aromatic carbocycles. The number of rotatable bonds is 6. The number of aliphatic hydroxyl groups is 1. The topological polar surface area (TPSA) is 93.5 Å². The molecular formula is C20H32N2O5Si. The first-order chi connectivity index (χ1) is 13.0. The highest BCUT2D eigenvalue weighted by Crippen LogP contribution is 2.37. The largest absolute Gasteiger partial charge is 0.414 e. The Morgan fingerprint density at radius 2 is 2.07 bits per heavy atom. The van der Waals surface area contributed by atoms with E-state index in [1.165, 1.54) is 10.8 Å². The smallest absolute Gasteiger partial charge is 0.330 e. The highest BCUT2D eigenvalue weighted by atomic mass is 28.4. The van der Waals surface area contributed by atoms with Crippen LogP contribution in [0.4, 0.5) is 0 Å². The first-order valence-electron chi connectivity index (χ1n) is 9.80. The Bertz CT molecular complexity index is 841. The van der Waals surface area contributed by atoms with Crippen LogP contribution >= 0.6 is 0 Å². The van der Waals surface area contributed by atoms with Crippen molar-refractivity contribution in [1.82, 2.24) is 9.55 Å². The number of nitrogens with one attached hydrogen (secondary N) is 1. The molecule has 7 nitrogen and oxygen atoms in total. The molecular weight excluding hydrogens is 376 g/mol. The Kier molecular flexibility index (Phi) is 7.45. The standard InChI is InChI=1S/C20H32N2O5Si/c1-20(2,3)28(4,5)26-14-16-10-11-17(27-16)22-13-15(9-7-6-8-12-23)18(24)21-19(22)25/h13,16-17,23H,6,8,10-12,14H2,1-5H3,(H,21,24,25)/t16-,17+/m0/s1. The maximum Gasteiger partial charge on any atom is 0.330 e. The summed E-state index contributed by atoms with van der Waals surface area (Å²) in [6.07, 6.45) is 3.47. The number of aromatic amines is 1. The summed E-state index contributed by atoms with van der Waals surface area (Å²) in [7, 11) is -1.86. The molecule has 2 heterocycles. The highest BCUT2D eigenvalue weighted by Gasteiger charge is 2.38. The normalized spacial score (nSPS) is 20.1. The Morgan fingerprint density at radius 3 is 2.71 bits per heavy atom. The lowest BCUT2D eigenvalue weighted by Crippen LogP contribution is -2.42. The number of ether oxygens (including phenoxy) is 1. The number of hydrogen-bond donors (Lipinski definition) is 2. The van der Waals surface area contributed by atoms with Gasteiger partial charge in [0.1, 0.15) is 11.8 Å². The van der Waals surface area contributed by atoms with Crippen molar-refractivity contribution in [3.05, 3.63) is 32.6 Å². The third kappa shape index (κ3) is 5.67. The van der Waals surface area contributed by atoms with Crippen molar-refractivity contribution in [3.63, 3.8) is 0 Å². The minimum Gasteiger partial charge on any atom is -0.414 e. The molecule has 1 fully saturated rings. The molecule has 0 aliphatic carbocycles. The molecule has 0 saturated carbocycles. The molecule has 0 unspecified atom stereocenters. The van der Waals surface area contributed by atoms with Gasteiger partial charge in [0.05, 0.1) is 12.7 Å². The molecule has 2 atom stereocenters. The lowest BCUT2D eigenvalue weighted by molar-refractivity contribution is -0.0222. The van der Waals surface area contributed by atoms with Crippen LogP contribution in [0.2, 0.25) is 18.1 Å². The zero-order valence-electron chi connectivity index (χ0n) is 17.5. The molecule has 0 spiro atoms. The Labute approximate surface area is 167 Å². The summed E-state index contributed by atoms with van der Waals surface area (Å²) in [5, 5.41) is 8.93. The number of nitrogens with zero attached hydrogens (tertiary/aromatic N) is 1. The molecule has 1 saturated heterocycles. The van der Waals surface area contributed by atoms with E-state index in [0.717, 1.165) is 6.42 Å². The van der Waals surface area contributed by atoms with Gasteiger partial charge < -0.3 is 14.3 Å². The van der Waals surface area contributed by atoms with E-state index >= 15 is 0 Å². The van der Waals surface area contributed by atoms with E-state index in [-0.39, 0.29) is 23.3 Å². The van der Waals surface area contributed by atoms with Gasteiger partial charge in [0.15, 0.2) is 8.32 Å². The number of aliphatic hydroxyl groups excluding tert-OH is 1. The van der Waals surface area contributed by atoms with Crippen LogP contribution in [0.1, 0.15) is 58.2 Å².